The number of aliphatic carboxylic acids is 2. The van der Waals surface area contributed by atoms with E-state index in [9.17, 15) is 14.7 Å². The fourth-order valence-electron chi connectivity index (χ4n) is 1.38. The molecule has 0 aliphatic rings. The maximum atomic E-state index is 10.7. The summed E-state index contributed by atoms with van der Waals surface area (Å²) in [7, 11) is 0. The Morgan fingerprint density at radius 1 is 1.12 bits per heavy atom. The van der Waals surface area contributed by atoms with E-state index in [0.717, 1.165) is 18.6 Å². The van der Waals surface area contributed by atoms with Crippen molar-refractivity contribution >= 4 is 23.7 Å². The van der Waals surface area contributed by atoms with Crippen molar-refractivity contribution in [2.45, 2.75) is 31.8 Å². The summed E-state index contributed by atoms with van der Waals surface area (Å²) >= 11 is 1.72. The molecule has 0 saturated carbocycles. The predicted molar refractivity (Wildman–Crippen MR) is 61.6 cm³/mol. The number of aliphatic hydroxyl groups is 1. The van der Waals surface area contributed by atoms with Crippen LogP contribution in [0.15, 0.2) is 0 Å². The second-order valence-corrected chi connectivity index (χ2v) is 4.56. The van der Waals surface area contributed by atoms with Crippen LogP contribution in [-0.4, -0.2) is 45.4 Å². The van der Waals surface area contributed by atoms with Gasteiger partial charge in [-0.3, -0.25) is 4.79 Å². The predicted octanol–water partition coefficient (Wildman–Crippen LogP) is 1.06. The smallest absolute Gasteiger partial charge is 0.333 e. The molecule has 0 fully saturated rings. The number of carboxylic acid groups (broad SMARTS) is 2. The summed E-state index contributed by atoms with van der Waals surface area (Å²) in [6, 6.07) is 0. The Morgan fingerprint density at radius 2 is 1.75 bits per heavy atom. The summed E-state index contributed by atoms with van der Waals surface area (Å²) in [5.41, 5.74) is 0. The number of thioether (sulfide) groups is 1. The molecule has 0 heterocycles. The Hall–Kier alpha value is -0.750. The zero-order chi connectivity index (χ0) is 12.6. The lowest BCUT2D eigenvalue weighted by atomic mass is 9.95. The summed E-state index contributed by atoms with van der Waals surface area (Å²) in [6.45, 7) is 0. The van der Waals surface area contributed by atoms with Crippen LogP contribution in [0.4, 0.5) is 0 Å². The quantitative estimate of drug-likeness (QED) is 0.530. The van der Waals surface area contributed by atoms with Crippen molar-refractivity contribution in [2.24, 2.45) is 5.92 Å². The molecule has 0 rings (SSSR count). The lowest BCUT2D eigenvalue weighted by Crippen LogP contribution is -2.34. The molecule has 3 N–H and O–H groups in total. The number of aliphatic hydroxyl groups excluding tert-OH is 1. The van der Waals surface area contributed by atoms with Gasteiger partial charge in [0.25, 0.3) is 0 Å². The third kappa shape index (κ3) is 5.97. The van der Waals surface area contributed by atoms with Crippen molar-refractivity contribution in [3.8, 4) is 0 Å². The van der Waals surface area contributed by atoms with Gasteiger partial charge in [0.2, 0.25) is 0 Å². The fraction of sp³-hybridized carbons (Fsp3) is 0.800. The normalized spacial score (nSPS) is 14.4. The van der Waals surface area contributed by atoms with Gasteiger partial charge < -0.3 is 15.3 Å². The second-order valence-electron chi connectivity index (χ2n) is 3.57. The van der Waals surface area contributed by atoms with E-state index in [-0.39, 0.29) is 6.42 Å². The van der Waals surface area contributed by atoms with Crippen LogP contribution in [0, 0.1) is 5.92 Å². The van der Waals surface area contributed by atoms with Crippen molar-refractivity contribution in [3.05, 3.63) is 0 Å². The molecule has 0 aromatic rings. The maximum absolute atomic E-state index is 10.7. The first-order valence-electron chi connectivity index (χ1n) is 5.13. The topological polar surface area (TPSA) is 94.8 Å². The molecule has 6 heteroatoms. The van der Waals surface area contributed by atoms with Gasteiger partial charge in [-0.2, -0.15) is 11.8 Å². The third-order valence-electron chi connectivity index (χ3n) is 2.31. The molecule has 2 atom stereocenters. The van der Waals surface area contributed by atoms with Gasteiger partial charge in [0.15, 0.2) is 6.10 Å². The van der Waals surface area contributed by atoms with E-state index in [1.165, 1.54) is 0 Å². The van der Waals surface area contributed by atoms with E-state index >= 15 is 0 Å². The van der Waals surface area contributed by atoms with Crippen LogP contribution >= 0.6 is 11.8 Å². The minimum absolute atomic E-state index is 0.206. The summed E-state index contributed by atoms with van der Waals surface area (Å²) in [4.78, 5) is 21.2. The van der Waals surface area contributed by atoms with Crippen molar-refractivity contribution in [3.63, 3.8) is 0 Å². The van der Waals surface area contributed by atoms with E-state index in [0.29, 0.717) is 6.42 Å². The number of rotatable bonds is 9. The highest BCUT2D eigenvalue weighted by atomic mass is 32.2. The third-order valence-corrected chi connectivity index (χ3v) is 3.01. The molecule has 0 spiro atoms. The molecule has 2 unspecified atom stereocenters. The monoisotopic (exact) mass is 250 g/mol. The lowest BCUT2D eigenvalue weighted by molar-refractivity contribution is -0.159. The first-order valence-corrected chi connectivity index (χ1v) is 6.52. The van der Waals surface area contributed by atoms with E-state index in [2.05, 4.69) is 0 Å². The Morgan fingerprint density at radius 3 is 2.19 bits per heavy atom. The zero-order valence-corrected chi connectivity index (χ0v) is 10.1. The van der Waals surface area contributed by atoms with Crippen LogP contribution in [0.2, 0.25) is 0 Å². The SMILES string of the molecule is CSCCCCCC(C(=O)O)C(O)C(=O)O. The second kappa shape index (κ2) is 8.41. The van der Waals surface area contributed by atoms with Gasteiger partial charge in [-0.25, -0.2) is 4.79 Å². The van der Waals surface area contributed by atoms with Crippen molar-refractivity contribution in [1.29, 1.82) is 0 Å². The van der Waals surface area contributed by atoms with Gasteiger partial charge in [-0.1, -0.05) is 12.8 Å². The Bertz CT molecular complexity index is 231. The number of carboxylic acids is 2. The summed E-state index contributed by atoms with van der Waals surface area (Å²) < 4.78 is 0. The highest BCUT2D eigenvalue weighted by Gasteiger charge is 2.31. The van der Waals surface area contributed by atoms with Gasteiger partial charge in [0, 0.05) is 0 Å². The molecule has 94 valence electrons. The van der Waals surface area contributed by atoms with Crippen LogP contribution < -0.4 is 0 Å². The largest absolute Gasteiger partial charge is 0.481 e. The van der Waals surface area contributed by atoms with E-state index < -0.39 is 24.0 Å². The maximum Gasteiger partial charge on any atom is 0.333 e. The van der Waals surface area contributed by atoms with Crippen LogP contribution in [0.1, 0.15) is 25.7 Å². The molecule has 0 bridgehead atoms. The first-order chi connectivity index (χ1) is 7.50. The molecule has 0 aromatic heterocycles. The Balaban J connectivity index is 3.96. The van der Waals surface area contributed by atoms with Crippen molar-refractivity contribution < 1.29 is 24.9 Å². The summed E-state index contributed by atoms with van der Waals surface area (Å²) in [5, 5.41) is 26.5. The van der Waals surface area contributed by atoms with Gasteiger partial charge >= 0.3 is 11.9 Å². The van der Waals surface area contributed by atoms with E-state index in [1.54, 1.807) is 11.8 Å². The van der Waals surface area contributed by atoms with Gasteiger partial charge in [0.05, 0.1) is 5.92 Å². The highest BCUT2D eigenvalue weighted by molar-refractivity contribution is 7.98. The van der Waals surface area contributed by atoms with Gasteiger partial charge in [-0.15, -0.1) is 0 Å². The average Bonchev–Trinajstić information content (AvgIpc) is 2.21. The molecule has 0 aromatic carbocycles. The summed E-state index contributed by atoms with van der Waals surface area (Å²) in [6.07, 6.45) is 2.86. The standard InChI is InChI=1S/C10H18O5S/c1-16-6-4-2-3-5-7(9(12)13)8(11)10(14)15/h7-8,11H,2-6H2,1H3,(H,12,13)(H,14,15). The summed E-state index contributed by atoms with van der Waals surface area (Å²) in [5.74, 6) is -2.91. The van der Waals surface area contributed by atoms with E-state index in [1.807, 2.05) is 6.26 Å². The van der Waals surface area contributed by atoms with Crippen LogP contribution in [0.5, 0.6) is 0 Å². The number of hydrogen-bond acceptors (Lipinski definition) is 4. The minimum atomic E-state index is -1.81. The molecule has 0 aliphatic carbocycles. The van der Waals surface area contributed by atoms with Crippen LogP contribution in [0.25, 0.3) is 0 Å². The number of carbonyl (C=O) groups is 2. The number of hydrogen-bond donors (Lipinski definition) is 3. The van der Waals surface area contributed by atoms with Crippen LogP contribution in [-0.2, 0) is 9.59 Å². The Kier molecular flexibility index (Phi) is 8.01. The van der Waals surface area contributed by atoms with Crippen LogP contribution in [0.3, 0.4) is 0 Å². The molecule has 16 heavy (non-hydrogen) atoms. The zero-order valence-electron chi connectivity index (χ0n) is 9.26. The molecular formula is C10H18O5S. The molecule has 0 amide bonds. The first kappa shape index (κ1) is 15.2. The molecule has 5 nitrogen and oxygen atoms in total. The molecule has 0 saturated heterocycles. The molecule has 0 radical (unpaired) electrons. The van der Waals surface area contributed by atoms with Gasteiger partial charge in [-0.05, 0) is 24.9 Å². The Labute approximate surface area is 98.9 Å². The average molecular weight is 250 g/mol. The lowest BCUT2D eigenvalue weighted by Gasteiger charge is -2.15. The van der Waals surface area contributed by atoms with E-state index in [4.69, 9.17) is 10.2 Å². The van der Waals surface area contributed by atoms with Crippen molar-refractivity contribution in [2.75, 3.05) is 12.0 Å². The molecular weight excluding hydrogens is 232 g/mol. The van der Waals surface area contributed by atoms with Gasteiger partial charge in [0.1, 0.15) is 0 Å². The fourth-order valence-corrected chi connectivity index (χ4v) is 1.87. The van der Waals surface area contributed by atoms with Crippen molar-refractivity contribution in [1.82, 2.24) is 0 Å². The highest BCUT2D eigenvalue weighted by Crippen LogP contribution is 2.15. The minimum Gasteiger partial charge on any atom is -0.481 e. The molecule has 0 aliphatic heterocycles. The number of unbranched alkanes of at least 4 members (excludes halogenated alkanes) is 2.